The van der Waals surface area contributed by atoms with E-state index in [0.29, 0.717) is 0 Å². The Morgan fingerprint density at radius 2 is 1.07 bits per heavy atom. The van der Waals surface area contributed by atoms with Crippen molar-refractivity contribution in [3.63, 3.8) is 0 Å². The predicted molar refractivity (Wildman–Crippen MR) is 119 cm³/mol. The van der Waals surface area contributed by atoms with Crippen LogP contribution in [0, 0.1) is 0 Å². The van der Waals surface area contributed by atoms with Crippen molar-refractivity contribution < 1.29 is 0 Å². The molecule has 28 heavy (non-hydrogen) atoms. The predicted octanol–water partition coefficient (Wildman–Crippen LogP) is 5.76. The summed E-state index contributed by atoms with van der Waals surface area (Å²) in [6.45, 7) is 19.4. The lowest BCUT2D eigenvalue weighted by Gasteiger charge is -2.14. The maximum Gasteiger partial charge on any atom is 0.0524 e. The van der Waals surface area contributed by atoms with Crippen LogP contribution in [-0.2, 0) is 16.2 Å². The lowest BCUT2D eigenvalue weighted by molar-refractivity contribution is 0.566. The highest BCUT2D eigenvalue weighted by atomic mass is 15.1. The minimum Gasteiger partial charge on any atom is -0.285 e. The van der Waals surface area contributed by atoms with Gasteiger partial charge in [0.25, 0.3) is 0 Å². The summed E-state index contributed by atoms with van der Waals surface area (Å²) in [4.78, 5) is 0. The highest BCUT2D eigenvalue weighted by Crippen LogP contribution is 2.20. The molecule has 0 saturated heterocycles. The number of aromatic nitrogens is 6. The van der Waals surface area contributed by atoms with Crippen molar-refractivity contribution in [2.75, 3.05) is 0 Å². The fourth-order valence-electron chi connectivity index (χ4n) is 2.01. The number of nitrogens with zero attached hydrogens (tertiary/aromatic N) is 3. The van der Waals surface area contributed by atoms with Crippen LogP contribution in [0.3, 0.4) is 0 Å². The molecule has 0 saturated carbocycles. The molecule has 0 amide bonds. The zero-order valence-electron chi connectivity index (χ0n) is 18.3. The van der Waals surface area contributed by atoms with E-state index < -0.39 is 0 Å². The largest absolute Gasteiger partial charge is 0.285 e. The van der Waals surface area contributed by atoms with Gasteiger partial charge < -0.3 is 0 Å². The first-order valence-corrected chi connectivity index (χ1v) is 9.31. The Balaban J connectivity index is 0.000000384. The van der Waals surface area contributed by atoms with E-state index in [9.17, 15) is 0 Å². The van der Waals surface area contributed by atoms with E-state index in [1.165, 1.54) is 17.0 Å². The van der Waals surface area contributed by atoms with E-state index in [1.54, 1.807) is 12.4 Å². The summed E-state index contributed by atoms with van der Waals surface area (Å²) in [7, 11) is 0. The lowest BCUT2D eigenvalue weighted by Crippen LogP contribution is -2.11. The standard InChI is InChI=1S/3C7H12N2.CH4/c1-7(2,3)6-4-8-9-5-6;2*1-7(2,3)6-4-5-8-9-6;/h3*4-5H,1-3H3,(H,8,9);1H4. The van der Waals surface area contributed by atoms with Gasteiger partial charge in [0.05, 0.1) is 6.20 Å². The second-order valence-electron chi connectivity index (χ2n) is 9.68. The molecule has 0 atom stereocenters. The van der Waals surface area contributed by atoms with Gasteiger partial charge in [-0.05, 0) is 23.1 Å². The summed E-state index contributed by atoms with van der Waals surface area (Å²) in [5.74, 6) is 0. The van der Waals surface area contributed by atoms with E-state index in [1.807, 2.05) is 24.5 Å². The maximum atomic E-state index is 3.86. The molecule has 0 aliphatic rings. The van der Waals surface area contributed by atoms with Crippen molar-refractivity contribution in [1.82, 2.24) is 30.6 Å². The van der Waals surface area contributed by atoms with Crippen LogP contribution in [0.25, 0.3) is 0 Å². The Labute approximate surface area is 170 Å². The molecule has 0 bridgehead atoms. The number of hydrogen-bond acceptors (Lipinski definition) is 3. The molecule has 0 radical (unpaired) electrons. The van der Waals surface area contributed by atoms with E-state index in [2.05, 4.69) is 92.9 Å². The van der Waals surface area contributed by atoms with Gasteiger partial charge in [-0.3, -0.25) is 15.3 Å². The van der Waals surface area contributed by atoms with Gasteiger partial charge in [0, 0.05) is 40.8 Å². The Hall–Kier alpha value is -2.37. The maximum absolute atomic E-state index is 3.86. The molecule has 0 aliphatic carbocycles. The van der Waals surface area contributed by atoms with Gasteiger partial charge in [-0.1, -0.05) is 69.7 Å². The second kappa shape index (κ2) is 10.2. The van der Waals surface area contributed by atoms with Gasteiger partial charge in [-0.2, -0.15) is 15.3 Å². The van der Waals surface area contributed by atoms with Gasteiger partial charge in [0.2, 0.25) is 0 Å². The van der Waals surface area contributed by atoms with Crippen LogP contribution < -0.4 is 0 Å². The van der Waals surface area contributed by atoms with Crippen molar-refractivity contribution in [2.24, 2.45) is 0 Å². The average molecular weight is 389 g/mol. The third-order valence-electron chi connectivity index (χ3n) is 3.98. The first kappa shape index (κ1) is 25.6. The number of rotatable bonds is 0. The zero-order chi connectivity index (χ0) is 20.7. The third-order valence-corrected chi connectivity index (χ3v) is 3.98. The smallest absolute Gasteiger partial charge is 0.0524 e. The van der Waals surface area contributed by atoms with Crippen LogP contribution in [0.15, 0.2) is 36.9 Å². The van der Waals surface area contributed by atoms with Crippen LogP contribution in [0.2, 0.25) is 0 Å². The normalized spacial score (nSPS) is 11.5. The molecule has 6 heteroatoms. The summed E-state index contributed by atoms with van der Waals surface area (Å²) >= 11 is 0. The molecule has 0 fully saturated rings. The van der Waals surface area contributed by atoms with Crippen molar-refractivity contribution in [1.29, 1.82) is 0 Å². The van der Waals surface area contributed by atoms with Crippen molar-refractivity contribution in [3.8, 4) is 0 Å². The van der Waals surface area contributed by atoms with Crippen molar-refractivity contribution in [2.45, 2.75) is 86.0 Å². The molecule has 3 aromatic heterocycles. The molecule has 3 heterocycles. The van der Waals surface area contributed by atoms with E-state index in [-0.39, 0.29) is 23.7 Å². The van der Waals surface area contributed by atoms with Gasteiger partial charge in [0.15, 0.2) is 0 Å². The van der Waals surface area contributed by atoms with Gasteiger partial charge >= 0.3 is 0 Å². The highest BCUT2D eigenvalue weighted by Gasteiger charge is 2.14. The highest BCUT2D eigenvalue weighted by molar-refractivity contribution is 5.13. The Morgan fingerprint density at radius 3 is 1.21 bits per heavy atom. The Morgan fingerprint density at radius 1 is 0.643 bits per heavy atom. The van der Waals surface area contributed by atoms with E-state index in [4.69, 9.17) is 0 Å². The first-order chi connectivity index (χ1) is 12.3. The summed E-state index contributed by atoms with van der Waals surface area (Å²) in [6.07, 6.45) is 7.35. The molecule has 6 nitrogen and oxygen atoms in total. The molecule has 0 aliphatic heterocycles. The van der Waals surface area contributed by atoms with Crippen molar-refractivity contribution >= 4 is 0 Å². The summed E-state index contributed by atoms with van der Waals surface area (Å²) < 4.78 is 0. The molecular formula is C22H40N6. The monoisotopic (exact) mass is 388 g/mol. The SMILES string of the molecule is C.CC(C)(C)c1ccn[nH]1.CC(C)(C)c1ccn[nH]1.CC(C)(C)c1cn[nH]c1. The number of H-pyrrole nitrogens is 3. The van der Waals surface area contributed by atoms with Crippen molar-refractivity contribution in [3.05, 3.63) is 53.9 Å². The topological polar surface area (TPSA) is 86.0 Å². The molecule has 0 unspecified atom stereocenters. The first-order valence-electron chi connectivity index (χ1n) is 9.31. The van der Waals surface area contributed by atoms with E-state index >= 15 is 0 Å². The number of hydrogen-bond donors (Lipinski definition) is 3. The van der Waals surface area contributed by atoms with Crippen LogP contribution in [0.4, 0.5) is 0 Å². The summed E-state index contributed by atoms with van der Waals surface area (Å²) in [6, 6.07) is 4.00. The molecule has 3 aromatic rings. The second-order valence-corrected chi connectivity index (χ2v) is 9.68. The number of nitrogens with one attached hydrogen (secondary N) is 3. The Kier molecular flexibility index (Phi) is 9.38. The third kappa shape index (κ3) is 9.02. The minimum atomic E-state index is 0. The van der Waals surface area contributed by atoms with Crippen LogP contribution in [-0.4, -0.2) is 30.6 Å². The minimum absolute atomic E-state index is 0. The van der Waals surface area contributed by atoms with Crippen LogP contribution in [0.1, 0.15) is 86.7 Å². The summed E-state index contributed by atoms with van der Waals surface area (Å²) in [5.41, 5.74) is 4.26. The summed E-state index contributed by atoms with van der Waals surface area (Å²) in [5, 5.41) is 20.2. The molecule has 0 spiro atoms. The van der Waals surface area contributed by atoms with E-state index in [0.717, 1.165) is 0 Å². The fraction of sp³-hybridized carbons (Fsp3) is 0.591. The molecule has 3 N–H and O–H groups in total. The zero-order valence-corrected chi connectivity index (χ0v) is 18.3. The molecule has 158 valence electrons. The van der Waals surface area contributed by atoms with Crippen LogP contribution in [0.5, 0.6) is 0 Å². The van der Waals surface area contributed by atoms with Gasteiger partial charge in [0.1, 0.15) is 0 Å². The lowest BCUT2D eigenvalue weighted by atomic mass is 9.90. The van der Waals surface area contributed by atoms with Gasteiger partial charge in [-0.15, -0.1) is 0 Å². The quantitative estimate of drug-likeness (QED) is 0.458. The van der Waals surface area contributed by atoms with Gasteiger partial charge in [-0.25, -0.2) is 0 Å². The molecule has 3 rings (SSSR count). The number of aromatic amines is 3. The molecular weight excluding hydrogens is 348 g/mol. The molecule has 0 aromatic carbocycles. The van der Waals surface area contributed by atoms with Crippen LogP contribution >= 0.6 is 0 Å². The average Bonchev–Trinajstić information content (AvgIpc) is 3.28. The fourth-order valence-corrected chi connectivity index (χ4v) is 2.01. The Bertz CT molecular complexity index is 613.